The van der Waals surface area contributed by atoms with Crippen LogP contribution in [0.25, 0.3) is 0 Å². The Labute approximate surface area is 90.8 Å². The van der Waals surface area contributed by atoms with Crippen molar-refractivity contribution in [2.24, 2.45) is 0 Å². The average Bonchev–Trinajstić information content (AvgIpc) is 2.77. The van der Waals surface area contributed by atoms with E-state index in [9.17, 15) is 5.11 Å². The molecular weight excluding hydrogens is 194 g/mol. The number of hydrogen-bond donors (Lipinski definition) is 2. The molecule has 4 atom stereocenters. The second-order valence-corrected chi connectivity index (χ2v) is 5.78. The highest BCUT2D eigenvalue weighted by Gasteiger charge is 2.30. The highest BCUT2D eigenvalue weighted by atomic mass is 32.2. The first-order valence-electron chi connectivity index (χ1n) is 5.76. The van der Waals surface area contributed by atoms with Crippen molar-refractivity contribution in [3.05, 3.63) is 0 Å². The Morgan fingerprint density at radius 1 is 1.21 bits per heavy atom. The zero-order valence-corrected chi connectivity index (χ0v) is 9.72. The molecule has 2 rings (SSSR count). The second kappa shape index (κ2) is 4.86. The molecule has 0 aromatic heterocycles. The Morgan fingerprint density at radius 2 is 2.07 bits per heavy atom. The van der Waals surface area contributed by atoms with Gasteiger partial charge in [-0.1, -0.05) is 0 Å². The van der Waals surface area contributed by atoms with E-state index in [2.05, 4.69) is 11.6 Å². The number of nitrogens with one attached hydrogen (secondary N) is 1. The van der Waals surface area contributed by atoms with E-state index in [-0.39, 0.29) is 6.10 Å². The molecule has 2 nitrogen and oxygen atoms in total. The Balaban J connectivity index is 1.75. The first-order chi connectivity index (χ1) is 6.79. The molecule has 2 fully saturated rings. The number of aliphatic hydroxyl groups is 1. The summed E-state index contributed by atoms with van der Waals surface area (Å²) in [6.07, 6.45) is 9.43. The van der Waals surface area contributed by atoms with Gasteiger partial charge in [0.25, 0.3) is 0 Å². The molecule has 2 N–H and O–H groups in total. The predicted octanol–water partition coefficient (Wildman–Crippen LogP) is 1.77. The third-order valence-electron chi connectivity index (χ3n) is 3.65. The lowest BCUT2D eigenvalue weighted by Crippen LogP contribution is -2.41. The average molecular weight is 215 g/mol. The third-order valence-corrected chi connectivity index (χ3v) is 4.74. The maximum absolute atomic E-state index is 9.70. The van der Waals surface area contributed by atoms with Crippen LogP contribution in [0.1, 0.15) is 38.5 Å². The van der Waals surface area contributed by atoms with Crippen LogP contribution in [-0.4, -0.2) is 34.8 Å². The van der Waals surface area contributed by atoms with Crippen molar-refractivity contribution >= 4 is 11.8 Å². The molecule has 0 aliphatic heterocycles. The number of aliphatic hydroxyl groups excluding tert-OH is 1. The van der Waals surface area contributed by atoms with Gasteiger partial charge in [0.2, 0.25) is 0 Å². The summed E-state index contributed by atoms with van der Waals surface area (Å²) in [5.41, 5.74) is 0. The lowest BCUT2D eigenvalue weighted by atomic mass is 10.1. The van der Waals surface area contributed by atoms with Crippen LogP contribution in [0.3, 0.4) is 0 Å². The van der Waals surface area contributed by atoms with Gasteiger partial charge in [0, 0.05) is 17.3 Å². The van der Waals surface area contributed by atoms with Gasteiger partial charge in [-0.3, -0.25) is 0 Å². The molecule has 14 heavy (non-hydrogen) atoms. The molecule has 2 saturated carbocycles. The Morgan fingerprint density at radius 3 is 2.64 bits per heavy atom. The summed E-state index contributed by atoms with van der Waals surface area (Å²) in [6.45, 7) is 0. The molecule has 0 radical (unpaired) electrons. The molecule has 4 unspecified atom stereocenters. The minimum atomic E-state index is -0.0803. The summed E-state index contributed by atoms with van der Waals surface area (Å²) in [4.78, 5) is 0. The lowest BCUT2D eigenvalue weighted by molar-refractivity contribution is 0.143. The van der Waals surface area contributed by atoms with Crippen LogP contribution in [0.15, 0.2) is 0 Å². The van der Waals surface area contributed by atoms with Crippen molar-refractivity contribution in [2.45, 2.75) is 62.0 Å². The van der Waals surface area contributed by atoms with Crippen LogP contribution in [0, 0.1) is 0 Å². The Bertz CT molecular complexity index is 188. The maximum atomic E-state index is 9.70. The zero-order chi connectivity index (χ0) is 9.97. The summed E-state index contributed by atoms with van der Waals surface area (Å²) >= 11 is 1.99. The summed E-state index contributed by atoms with van der Waals surface area (Å²) in [6, 6.07) is 1.06. The van der Waals surface area contributed by atoms with Crippen LogP contribution in [0.2, 0.25) is 0 Å². The van der Waals surface area contributed by atoms with Gasteiger partial charge < -0.3 is 10.4 Å². The van der Waals surface area contributed by atoms with Crippen molar-refractivity contribution in [3.63, 3.8) is 0 Å². The second-order valence-electron chi connectivity index (χ2n) is 4.64. The zero-order valence-electron chi connectivity index (χ0n) is 8.91. The van der Waals surface area contributed by atoms with Gasteiger partial charge >= 0.3 is 0 Å². The number of hydrogen-bond acceptors (Lipinski definition) is 3. The van der Waals surface area contributed by atoms with Gasteiger partial charge in [0.1, 0.15) is 0 Å². The first-order valence-corrected chi connectivity index (χ1v) is 7.05. The number of rotatable bonds is 3. The fourth-order valence-corrected chi connectivity index (χ4v) is 3.54. The molecule has 0 bridgehead atoms. The quantitative estimate of drug-likeness (QED) is 0.752. The van der Waals surface area contributed by atoms with Crippen molar-refractivity contribution in [2.75, 3.05) is 6.26 Å². The van der Waals surface area contributed by atoms with Gasteiger partial charge in [0.05, 0.1) is 6.10 Å². The van der Waals surface area contributed by atoms with Crippen molar-refractivity contribution in [1.82, 2.24) is 5.32 Å². The first kappa shape index (κ1) is 10.8. The van der Waals surface area contributed by atoms with E-state index in [0.29, 0.717) is 12.1 Å². The summed E-state index contributed by atoms with van der Waals surface area (Å²) in [7, 11) is 0. The standard InChI is InChI=1S/C11H21NOS/c1-14-9-6-5-8(7-9)12-10-3-2-4-11(10)13/h8-13H,2-7H2,1H3. The van der Waals surface area contributed by atoms with Crippen molar-refractivity contribution in [3.8, 4) is 0 Å². The van der Waals surface area contributed by atoms with E-state index in [1.807, 2.05) is 11.8 Å². The molecule has 3 heteroatoms. The fraction of sp³-hybridized carbons (Fsp3) is 1.00. The van der Waals surface area contributed by atoms with Gasteiger partial charge in [-0.25, -0.2) is 0 Å². The van der Waals surface area contributed by atoms with E-state index >= 15 is 0 Å². The van der Waals surface area contributed by atoms with Crippen LogP contribution < -0.4 is 5.32 Å². The summed E-state index contributed by atoms with van der Waals surface area (Å²) < 4.78 is 0. The largest absolute Gasteiger partial charge is 0.392 e. The minimum Gasteiger partial charge on any atom is -0.392 e. The van der Waals surface area contributed by atoms with Crippen LogP contribution in [0.5, 0.6) is 0 Å². The molecule has 0 saturated heterocycles. The molecular formula is C11H21NOS. The molecule has 82 valence electrons. The van der Waals surface area contributed by atoms with Gasteiger partial charge in [-0.15, -0.1) is 0 Å². The summed E-state index contributed by atoms with van der Waals surface area (Å²) in [5, 5.41) is 14.2. The summed E-state index contributed by atoms with van der Waals surface area (Å²) in [5.74, 6) is 0. The van der Waals surface area contributed by atoms with Gasteiger partial charge in [-0.2, -0.15) is 11.8 Å². The Hall–Kier alpha value is 0.270. The smallest absolute Gasteiger partial charge is 0.0693 e. The monoisotopic (exact) mass is 215 g/mol. The maximum Gasteiger partial charge on any atom is 0.0693 e. The Kier molecular flexibility index (Phi) is 3.74. The van der Waals surface area contributed by atoms with Crippen LogP contribution in [0.4, 0.5) is 0 Å². The van der Waals surface area contributed by atoms with Crippen molar-refractivity contribution < 1.29 is 5.11 Å². The van der Waals surface area contributed by atoms with Gasteiger partial charge in [-0.05, 0) is 44.8 Å². The van der Waals surface area contributed by atoms with E-state index in [1.165, 1.54) is 32.1 Å². The van der Waals surface area contributed by atoms with Gasteiger partial charge in [0.15, 0.2) is 0 Å². The molecule has 0 aromatic rings. The lowest BCUT2D eigenvalue weighted by Gasteiger charge is -2.21. The van der Waals surface area contributed by atoms with E-state index in [1.54, 1.807) is 0 Å². The minimum absolute atomic E-state index is 0.0803. The molecule has 0 aromatic carbocycles. The molecule has 2 aliphatic rings. The number of thioether (sulfide) groups is 1. The topological polar surface area (TPSA) is 32.3 Å². The SMILES string of the molecule is CSC1CCC(NC2CCCC2O)C1. The highest BCUT2D eigenvalue weighted by molar-refractivity contribution is 7.99. The third kappa shape index (κ3) is 2.44. The van der Waals surface area contributed by atoms with E-state index in [0.717, 1.165) is 11.7 Å². The van der Waals surface area contributed by atoms with Crippen molar-refractivity contribution in [1.29, 1.82) is 0 Å². The molecule has 0 heterocycles. The fourth-order valence-electron chi connectivity index (χ4n) is 2.74. The van der Waals surface area contributed by atoms with E-state index < -0.39 is 0 Å². The van der Waals surface area contributed by atoms with Crippen LogP contribution >= 0.6 is 11.8 Å². The molecule has 0 spiro atoms. The molecule has 2 aliphatic carbocycles. The van der Waals surface area contributed by atoms with E-state index in [4.69, 9.17) is 0 Å². The molecule has 0 amide bonds. The van der Waals surface area contributed by atoms with Crippen LogP contribution in [-0.2, 0) is 0 Å². The predicted molar refractivity (Wildman–Crippen MR) is 61.7 cm³/mol. The normalized spacial score (nSPS) is 43.3. The highest BCUT2D eigenvalue weighted by Crippen LogP contribution is 2.30.